The number of carbonyl (C=O) groups excluding carboxylic acids is 2. The van der Waals surface area contributed by atoms with Crippen molar-refractivity contribution in [2.45, 2.75) is 6.92 Å². The monoisotopic (exact) mass is 303 g/mol. The molecule has 1 heterocycles. The first-order valence-electron chi connectivity index (χ1n) is 6.37. The molecule has 6 heteroatoms. The van der Waals surface area contributed by atoms with E-state index >= 15 is 0 Å². The first-order valence-corrected chi connectivity index (χ1v) is 7.19. The maximum Gasteiger partial charge on any atom is 0.265 e. The summed E-state index contributed by atoms with van der Waals surface area (Å²) in [6.45, 7) is 1.87. The molecule has 0 aliphatic rings. The topological polar surface area (TPSA) is 75.4 Å². The maximum absolute atomic E-state index is 12.1. The van der Waals surface area contributed by atoms with Gasteiger partial charge < -0.3 is 16.0 Å². The lowest BCUT2D eigenvalue weighted by Crippen LogP contribution is -2.21. The highest BCUT2D eigenvalue weighted by molar-refractivity contribution is 7.14. The first-order chi connectivity index (χ1) is 9.88. The molecule has 21 heavy (non-hydrogen) atoms. The van der Waals surface area contributed by atoms with Crippen molar-refractivity contribution in [2.24, 2.45) is 0 Å². The van der Waals surface area contributed by atoms with E-state index in [-0.39, 0.29) is 11.8 Å². The molecule has 2 rings (SSSR count). The second kappa shape index (κ2) is 5.97. The van der Waals surface area contributed by atoms with Crippen LogP contribution >= 0.6 is 11.3 Å². The lowest BCUT2D eigenvalue weighted by molar-refractivity contribution is 0.0827. The van der Waals surface area contributed by atoms with Gasteiger partial charge >= 0.3 is 0 Å². The minimum absolute atomic E-state index is 0.0745. The van der Waals surface area contributed by atoms with Crippen molar-refractivity contribution in [3.05, 3.63) is 45.6 Å². The number of aryl methyl sites for hydroxylation is 1. The van der Waals surface area contributed by atoms with Crippen LogP contribution in [-0.2, 0) is 0 Å². The van der Waals surface area contributed by atoms with E-state index in [1.54, 1.807) is 44.4 Å². The number of anilines is 2. The number of carbonyl (C=O) groups is 2. The minimum Gasteiger partial charge on any atom is -0.398 e. The summed E-state index contributed by atoms with van der Waals surface area (Å²) in [6, 6.07) is 8.45. The number of nitrogen functional groups attached to an aromatic ring is 1. The normalized spacial score (nSPS) is 10.2. The smallest absolute Gasteiger partial charge is 0.265 e. The summed E-state index contributed by atoms with van der Waals surface area (Å²) in [6.07, 6.45) is 0. The molecule has 0 radical (unpaired) electrons. The van der Waals surface area contributed by atoms with Gasteiger partial charge in [0, 0.05) is 35.9 Å². The predicted octanol–water partition coefficient (Wildman–Crippen LogP) is 2.59. The van der Waals surface area contributed by atoms with E-state index in [0.717, 1.165) is 4.88 Å². The van der Waals surface area contributed by atoms with Crippen LogP contribution in [-0.4, -0.2) is 30.8 Å². The SMILES string of the molecule is Cc1sc(C(=O)Nc2ccc(C(=O)N(C)C)cc2)cc1N. The fraction of sp³-hybridized carbons (Fsp3) is 0.200. The van der Waals surface area contributed by atoms with Crippen molar-refractivity contribution < 1.29 is 9.59 Å². The van der Waals surface area contributed by atoms with Crippen LogP contribution in [0.3, 0.4) is 0 Å². The van der Waals surface area contributed by atoms with Gasteiger partial charge in [0.05, 0.1) is 4.88 Å². The molecule has 3 N–H and O–H groups in total. The van der Waals surface area contributed by atoms with E-state index in [1.807, 2.05) is 6.92 Å². The predicted molar refractivity (Wildman–Crippen MR) is 85.9 cm³/mol. The standard InChI is InChI=1S/C15H17N3O2S/c1-9-12(16)8-13(21-9)14(19)17-11-6-4-10(5-7-11)15(20)18(2)3/h4-8H,16H2,1-3H3,(H,17,19). The molecule has 0 unspecified atom stereocenters. The molecule has 0 saturated heterocycles. The average Bonchev–Trinajstić information content (AvgIpc) is 2.79. The molecule has 0 aliphatic carbocycles. The van der Waals surface area contributed by atoms with Gasteiger partial charge in [0.15, 0.2) is 0 Å². The van der Waals surface area contributed by atoms with Crippen LogP contribution in [0.4, 0.5) is 11.4 Å². The second-order valence-electron chi connectivity index (χ2n) is 4.85. The van der Waals surface area contributed by atoms with E-state index in [4.69, 9.17) is 5.73 Å². The summed E-state index contributed by atoms with van der Waals surface area (Å²) in [4.78, 5) is 26.8. The van der Waals surface area contributed by atoms with Gasteiger partial charge in [-0.05, 0) is 37.3 Å². The zero-order valence-corrected chi connectivity index (χ0v) is 13.0. The van der Waals surface area contributed by atoms with Crippen molar-refractivity contribution >= 4 is 34.5 Å². The molecule has 0 bridgehead atoms. The first kappa shape index (κ1) is 15.1. The van der Waals surface area contributed by atoms with E-state index in [1.165, 1.54) is 16.2 Å². The summed E-state index contributed by atoms with van der Waals surface area (Å²) in [5.74, 6) is -0.277. The molecular formula is C15H17N3O2S. The molecule has 1 aromatic heterocycles. The van der Waals surface area contributed by atoms with E-state index in [0.29, 0.717) is 21.8 Å². The quantitative estimate of drug-likeness (QED) is 0.915. The van der Waals surface area contributed by atoms with Crippen LogP contribution in [0.15, 0.2) is 30.3 Å². The molecule has 5 nitrogen and oxygen atoms in total. The number of rotatable bonds is 3. The van der Waals surface area contributed by atoms with Crippen LogP contribution < -0.4 is 11.1 Å². The third kappa shape index (κ3) is 3.41. The lowest BCUT2D eigenvalue weighted by Gasteiger charge is -2.10. The van der Waals surface area contributed by atoms with Crippen LogP contribution in [0, 0.1) is 6.92 Å². The van der Waals surface area contributed by atoms with Crippen molar-refractivity contribution in [2.75, 3.05) is 25.1 Å². The molecule has 2 amide bonds. The van der Waals surface area contributed by atoms with Crippen molar-refractivity contribution in [3.8, 4) is 0 Å². The summed E-state index contributed by atoms with van der Waals surface area (Å²) >= 11 is 1.36. The van der Waals surface area contributed by atoms with Gasteiger partial charge in [-0.25, -0.2) is 0 Å². The molecule has 0 spiro atoms. The summed E-state index contributed by atoms with van der Waals surface area (Å²) in [5, 5.41) is 2.79. The summed E-state index contributed by atoms with van der Waals surface area (Å²) in [5.41, 5.74) is 7.58. The largest absolute Gasteiger partial charge is 0.398 e. The number of hydrogen-bond donors (Lipinski definition) is 2. The average molecular weight is 303 g/mol. The van der Waals surface area contributed by atoms with Gasteiger partial charge in [-0.1, -0.05) is 0 Å². The van der Waals surface area contributed by atoms with Gasteiger partial charge in [-0.3, -0.25) is 9.59 Å². The van der Waals surface area contributed by atoms with Crippen LogP contribution in [0.2, 0.25) is 0 Å². The Hall–Kier alpha value is -2.34. The van der Waals surface area contributed by atoms with Gasteiger partial charge in [-0.15, -0.1) is 11.3 Å². The molecular weight excluding hydrogens is 286 g/mol. The van der Waals surface area contributed by atoms with Crippen LogP contribution in [0.1, 0.15) is 24.9 Å². The number of amides is 2. The van der Waals surface area contributed by atoms with E-state index < -0.39 is 0 Å². The van der Waals surface area contributed by atoms with Crippen molar-refractivity contribution in [1.82, 2.24) is 4.90 Å². The summed E-state index contributed by atoms with van der Waals surface area (Å²) < 4.78 is 0. The highest BCUT2D eigenvalue weighted by Gasteiger charge is 2.12. The molecule has 1 aromatic carbocycles. The Balaban J connectivity index is 2.10. The fourth-order valence-electron chi connectivity index (χ4n) is 1.76. The molecule has 110 valence electrons. The second-order valence-corrected chi connectivity index (χ2v) is 6.11. The van der Waals surface area contributed by atoms with Crippen molar-refractivity contribution in [3.63, 3.8) is 0 Å². The Labute approximate surface area is 127 Å². The highest BCUT2D eigenvalue weighted by Crippen LogP contribution is 2.24. The van der Waals surface area contributed by atoms with Crippen LogP contribution in [0.25, 0.3) is 0 Å². The van der Waals surface area contributed by atoms with Crippen molar-refractivity contribution in [1.29, 1.82) is 0 Å². The fourth-order valence-corrected chi connectivity index (χ4v) is 2.59. The summed E-state index contributed by atoms with van der Waals surface area (Å²) in [7, 11) is 3.39. The molecule has 0 aliphatic heterocycles. The Bertz CT molecular complexity index is 655. The minimum atomic E-state index is -0.202. The third-order valence-electron chi connectivity index (χ3n) is 2.98. The Kier molecular flexibility index (Phi) is 4.28. The Morgan fingerprint density at radius 1 is 1.19 bits per heavy atom. The third-order valence-corrected chi connectivity index (χ3v) is 4.04. The van der Waals surface area contributed by atoms with E-state index in [2.05, 4.69) is 5.32 Å². The Morgan fingerprint density at radius 2 is 1.81 bits per heavy atom. The molecule has 0 atom stereocenters. The highest BCUT2D eigenvalue weighted by atomic mass is 32.1. The lowest BCUT2D eigenvalue weighted by atomic mass is 10.2. The van der Waals surface area contributed by atoms with Gasteiger partial charge in [0.25, 0.3) is 11.8 Å². The van der Waals surface area contributed by atoms with Gasteiger partial charge in [0.1, 0.15) is 0 Å². The number of thiophene rings is 1. The van der Waals surface area contributed by atoms with Crippen LogP contribution in [0.5, 0.6) is 0 Å². The number of hydrogen-bond acceptors (Lipinski definition) is 4. The number of benzene rings is 1. The zero-order chi connectivity index (χ0) is 15.6. The molecule has 0 fully saturated rings. The maximum atomic E-state index is 12.1. The number of nitrogens with zero attached hydrogens (tertiary/aromatic N) is 1. The van der Waals surface area contributed by atoms with Gasteiger partial charge in [-0.2, -0.15) is 0 Å². The zero-order valence-electron chi connectivity index (χ0n) is 12.1. The van der Waals surface area contributed by atoms with Gasteiger partial charge in [0.2, 0.25) is 0 Å². The number of nitrogens with two attached hydrogens (primary N) is 1. The van der Waals surface area contributed by atoms with E-state index in [9.17, 15) is 9.59 Å². The molecule has 0 saturated carbocycles. The number of nitrogens with one attached hydrogen (secondary N) is 1. The Morgan fingerprint density at radius 3 is 2.29 bits per heavy atom. The molecule has 2 aromatic rings.